The third-order valence-corrected chi connectivity index (χ3v) is 2.72. The Bertz CT molecular complexity index is 465. The second-order valence-electron chi connectivity index (χ2n) is 3.53. The summed E-state index contributed by atoms with van der Waals surface area (Å²) >= 11 is 5.80. The fourth-order valence-electron chi connectivity index (χ4n) is 1.54. The van der Waals surface area contributed by atoms with Gasteiger partial charge in [0.15, 0.2) is 0 Å². The molecule has 0 bridgehead atoms. The number of alkyl halides is 3. The minimum Gasteiger partial charge on any atom is -0.447 e. The van der Waals surface area contributed by atoms with E-state index >= 15 is 0 Å². The molecular weight excluding hydrogens is 294 g/mol. The quantitative estimate of drug-likeness (QED) is 0.861. The van der Waals surface area contributed by atoms with Crippen LogP contribution in [0.25, 0.3) is 0 Å². The molecule has 1 saturated heterocycles. The summed E-state index contributed by atoms with van der Waals surface area (Å²) in [7, 11) is 0. The van der Waals surface area contributed by atoms with E-state index in [2.05, 4.69) is 10.1 Å². The molecule has 1 N–H and O–H groups in total. The van der Waals surface area contributed by atoms with Crippen molar-refractivity contribution in [2.24, 2.45) is 0 Å². The molecule has 1 aromatic rings. The number of amides is 1. The van der Waals surface area contributed by atoms with Crippen molar-refractivity contribution in [2.45, 2.75) is 12.2 Å². The van der Waals surface area contributed by atoms with Crippen LogP contribution in [-0.4, -0.2) is 12.7 Å². The Balaban J connectivity index is 0.00000162. The van der Waals surface area contributed by atoms with Crippen LogP contribution in [-0.2, 0) is 10.9 Å². The van der Waals surface area contributed by atoms with E-state index in [1.165, 1.54) is 0 Å². The van der Waals surface area contributed by atoms with Crippen LogP contribution in [0.15, 0.2) is 18.2 Å². The molecule has 1 fully saturated rings. The van der Waals surface area contributed by atoms with Gasteiger partial charge in [-0.2, -0.15) is 13.2 Å². The molecule has 0 aliphatic carbocycles. The minimum absolute atomic E-state index is 0. The highest BCUT2D eigenvalue weighted by Gasteiger charge is 2.33. The topological polar surface area (TPSA) is 38.3 Å². The molecule has 0 spiro atoms. The van der Waals surface area contributed by atoms with Crippen molar-refractivity contribution >= 4 is 30.1 Å². The number of cyclic esters (lactones) is 1. The van der Waals surface area contributed by atoms with Gasteiger partial charge in [-0.05, 0) is 23.8 Å². The Labute approximate surface area is 112 Å². The Morgan fingerprint density at radius 2 is 2.06 bits per heavy atom. The summed E-state index contributed by atoms with van der Waals surface area (Å²) in [5, 5.41) is 2.54. The fraction of sp³-hybridized carbons (Fsp3) is 0.300. The van der Waals surface area contributed by atoms with Gasteiger partial charge in [-0.15, -0.1) is 12.4 Å². The Hall–Kier alpha value is -1.14. The monoisotopic (exact) mass is 301 g/mol. The zero-order valence-electron chi connectivity index (χ0n) is 8.75. The summed E-state index contributed by atoms with van der Waals surface area (Å²) in [6.07, 6.45) is -5.11. The highest BCUT2D eigenvalue weighted by atomic mass is 35.5. The molecule has 18 heavy (non-hydrogen) atoms. The van der Waals surface area contributed by atoms with E-state index < -0.39 is 23.9 Å². The van der Waals surface area contributed by atoms with Crippen molar-refractivity contribution in [3.8, 4) is 0 Å². The van der Waals surface area contributed by atoms with Crippen LogP contribution in [0.4, 0.5) is 18.0 Å². The first kappa shape index (κ1) is 14.9. The van der Waals surface area contributed by atoms with E-state index in [9.17, 15) is 18.0 Å². The van der Waals surface area contributed by atoms with Crippen LogP contribution in [0.1, 0.15) is 17.2 Å². The van der Waals surface area contributed by atoms with E-state index in [0.717, 1.165) is 18.2 Å². The van der Waals surface area contributed by atoms with Crippen molar-refractivity contribution in [3.63, 3.8) is 0 Å². The van der Waals surface area contributed by atoms with Gasteiger partial charge in [0.05, 0.1) is 11.6 Å². The van der Waals surface area contributed by atoms with Gasteiger partial charge in [-0.25, -0.2) is 4.79 Å². The van der Waals surface area contributed by atoms with Crippen molar-refractivity contribution < 1.29 is 22.7 Å². The number of carbonyl (C=O) groups excluding carboxylic acids is 1. The van der Waals surface area contributed by atoms with Crippen molar-refractivity contribution in [1.29, 1.82) is 0 Å². The zero-order chi connectivity index (χ0) is 12.6. The molecule has 1 heterocycles. The van der Waals surface area contributed by atoms with Gasteiger partial charge >= 0.3 is 12.3 Å². The second-order valence-corrected chi connectivity index (χ2v) is 3.94. The van der Waals surface area contributed by atoms with Gasteiger partial charge < -0.3 is 10.1 Å². The second kappa shape index (κ2) is 5.24. The molecule has 1 atom stereocenters. The Morgan fingerprint density at radius 3 is 2.56 bits per heavy atom. The van der Waals surface area contributed by atoms with E-state index in [4.69, 9.17) is 11.6 Å². The summed E-state index contributed by atoms with van der Waals surface area (Å²) in [6, 6.07) is 2.33. The number of rotatable bonds is 1. The van der Waals surface area contributed by atoms with Gasteiger partial charge in [0.25, 0.3) is 0 Å². The predicted octanol–water partition coefficient (Wildman–Crippen LogP) is 3.56. The number of hydrogen-bond donors (Lipinski definition) is 1. The summed E-state index contributed by atoms with van der Waals surface area (Å²) in [5.74, 6) is 0. The highest BCUT2D eigenvalue weighted by Crippen LogP contribution is 2.34. The molecule has 0 radical (unpaired) electrons. The lowest BCUT2D eigenvalue weighted by Crippen LogP contribution is -2.19. The van der Waals surface area contributed by atoms with Crippen molar-refractivity contribution in [1.82, 2.24) is 5.32 Å². The first-order valence-corrected chi connectivity index (χ1v) is 5.05. The van der Waals surface area contributed by atoms with E-state index in [-0.39, 0.29) is 29.6 Å². The molecule has 0 saturated carbocycles. The summed E-state index contributed by atoms with van der Waals surface area (Å²) in [5.41, 5.74) is -0.606. The van der Waals surface area contributed by atoms with Gasteiger partial charge in [0.1, 0.15) is 6.61 Å². The van der Waals surface area contributed by atoms with Crippen LogP contribution in [0.5, 0.6) is 0 Å². The summed E-state index contributed by atoms with van der Waals surface area (Å²) in [6.45, 7) is -0.0279. The molecule has 1 aliphatic rings. The molecule has 1 aliphatic heterocycles. The number of halogens is 5. The average Bonchev–Trinajstić information content (AvgIpc) is 2.63. The lowest BCUT2D eigenvalue weighted by atomic mass is 10.0. The molecular formula is C10H8Cl2F3NO2. The van der Waals surface area contributed by atoms with Crippen LogP contribution in [0.3, 0.4) is 0 Å². The fourth-order valence-corrected chi connectivity index (χ4v) is 1.79. The standard InChI is InChI=1S/C10H7ClF3NO2.ClH/c11-7-2-1-5(10(12,13)14)3-6(7)8-4-17-9(16)15-8;/h1-3,8H,4H2,(H,15,16);1H/t8-;/m0./s1. The van der Waals surface area contributed by atoms with Crippen LogP contribution >= 0.6 is 24.0 Å². The lowest BCUT2D eigenvalue weighted by molar-refractivity contribution is -0.137. The van der Waals surface area contributed by atoms with Gasteiger partial charge in [-0.1, -0.05) is 11.6 Å². The largest absolute Gasteiger partial charge is 0.447 e. The SMILES string of the molecule is Cl.O=C1N[C@H](c2cc(C(F)(F)F)ccc2Cl)CO1. The van der Waals surface area contributed by atoms with Gasteiger partial charge in [0.2, 0.25) is 0 Å². The average molecular weight is 302 g/mol. The maximum atomic E-state index is 12.5. The molecule has 8 heteroatoms. The molecule has 100 valence electrons. The maximum Gasteiger partial charge on any atom is 0.416 e. The predicted molar refractivity (Wildman–Crippen MR) is 60.9 cm³/mol. The molecule has 1 aromatic carbocycles. The smallest absolute Gasteiger partial charge is 0.416 e. The van der Waals surface area contributed by atoms with Crippen molar-refractivity contribution in [3.05, 3.63) is 34.3 Å². The number of carbonyl (C=O) groups is 1. The zero-order valence-corrected chi connectivity index (χ0v) is 10.3. The normalized spacial score (nSPS) is 18.9. The number of alkyl carbamates (subject to hydrolysis) is 1. The molecule has 0 aromatic heterocycles. The summed E-state index contributed by atoms with van der Waals surface area (Å²) in [4.78, 5) is 10.8. The Kier molecular flexibility index (Phi) is 4.34. The van der Waals surface area contributed by atoms with Crippen LogP contribution < -0.4 is 5.32 Å². The van der Waals surface area contributed by atoms with Crippen LogP contribution in [0, 0.1) is 0 Å². The number of ether oxygens (including phenoxy) is 1. The number of nitrogens with one attached hydrogen (secondary N) is 1. The minimum atomic E-state index is -4.44. The van der Waals surface area contributed by atoms with E-state index in [1.807, 2.05) is 0 Å². The number of hydrogen-bond acceptors (Lipinski definition) is 2. The third-order valence-electron chi connectivity index (χ3n) is 2.37. The van der Waals surface area contributed by atoms with E-state index in [1.54, 1.807) is 0 Å². The molecule has 2 rings (SSSR count). The first-order chi connectivity index (χ1) is 7.88. The molecule has 3 nitrogen and oxygen atoms in total. The van der Waals surface area contributed by atoms with E-state index in [0.29, 0.717) is 0 Å². The highest BCUT2D eigenvalue weighted by molar-refractivity contribution is 6.31. The lowest BCUT2D eigenvalue weighted by Gasteiger charge is -2.13. The number of benzene rings is 1. The van der Waals surface area contributed by atoms with Gasteiger partial charge in [0, 0.05) is 5.02 Å². The molecule has 1 amide bonds. The first-order valence-electron chi connectivity index (χ1n) is 4.68. The van der Waals surface area contributed by atoms with Gasteiger partial charge in [-0.3, -0.25) is 0 Å². The van der Waals surface area contributed by atoms with Crippen LogP contribution in [0.2, 0.25) is 5.02 Å². The van der Waals surface area contributed by atoms with Crippen molar-refractivity contribution in [2.75, 3.05) is 6.61 Å². The Morgan fingerprint density at radius 1 is 1.39 bits per heavy atom. The summed E-state index contributed by atoms with van der Waals surface area (Å²) < 4.78 is 42.1. The molecule has 0 unspecified atom stereocenters. The maximum absolute atomic E-state index is 12.5. The third kappa shape index (κ3) is 3.00.